The molecule has 0 aliphatic carbocycles. The lowest BCUT2D eigenvalue weighted by molar-refractivity contribution is -0.145. The van der Waals surface area contributed by atoms with Gasteiger partial charge in [-0.15, -0.1) is 6.58 Å². The number of carbonyl (C=O) groups excluding carboxylic acids is 1. The first kappa shape index (κ1) is 17.4. The van der Waals surface area contributed by atoms with Gasteiger partial charge in [0.05, 0.1) is 21.1 Å². The van der Waals surface area contributed by atoms with Gasteiger partial charge in [-0.1, -0.05) is 67.8 Å². The van der Waals surface area contributed by atoms with Gasteiger partial charge in [0, 0.05) is 5.92 Å². The van der Waals surface area contributed by atoms with Gasteiger partial charge < -0.3 is 4.74 Å². The van der Waals surface area contributed by atoms with Crippen LogP contribution in [0.3, 0.4) is 0 Å². The zero-order valence-electron chi connectivity index (χ0n) is 13.5. The average molecular weight is 302 g/mol. The smallest absolute Gasteiger partial charge is 0.309 e. The Morgan fingerprint density at radius 3 is 2.38 bits per heavy atom. The van der Waals surface area contributed by atoms with Gasteiger partial charge in [0.25, 0.3) is 0 Å². The standard InChI is InChI=1S/C18H26O2Si/c1-6-10-17(18(19)20-2)16(13-14-21(3,4)5)15-11-8-7-9-12-15/h6-9,11-14,16-17H,1,10H2,2-5H3/b14-13+/t16-,17-/m0/s1. The van der Waals surface area contributed by atoms with Crippen molar-refractivity contribution >= 4 is 14.0 Å². The van der Waals surface area contributed by atoms with Gasteiger partial charge in [-0.05, 0) is 12.0 Å². The van der Waals surface area contributed by atoms with Crippen LogP contribution in [0.25, 0.3) is 0 Å². The van der Waals surface area contributed by atoms with Crippen LogP contribution in [0.5, 0.6) is 0 Å². The fraction of sp³-hybridized carbons (Fsp3) is 0.389. The first-order chi connectivity index (χ1) is 9.89. The number of esters is 1. The van der Waals surface area contributed by atoms with Crippen LogP contribution < -0.4 is 0 Å². The van der Waals surface area contributed by atoms with Crippen LogP contribution in [-0.4, -0.2) is 21.2 Å². The second-order valence-electron chi connectivity index (χ2n) is 6.32. The summed E-state index contributed by atoms with van der Waals surface area (Å²) in [5.41, 5.74) is 3.44. The van der Waals surface area contributed by atoms with Crippen LogP contribution in [0.2, 0.25) is 19.6 Å². The first-order valence-corrected chi connectivity index (χ1v) is 10.9. The van der Waals surface area contributed by atoms with Crippen LogP contribution in [-0.2, 0) is 9.53 Å². The molecule has 0 aliphatic heterocycles. The number of rotatable bonds is 7. The Morgan fingerprint density at radius 2 is 1.90 bits per heavy atom. The molecule has 2 nitrogen and oxygen atoms in total. The van der Waals surface area contributed by atoms with E-state index in [0.29, 0.717) is 6.42 Å². The summed E-state index contributed by atoms with van der Waals surface area (Å²) in [5, 5.41) is 0. The first-order valence-electron chi connectivity index (χ1n) is 7.32. The molecular formula is C18H26O2Si. The summed E-state index contributed by atoms with van der Waals surface area (Å²) in [4.78, 5) is 12.1. The van der Waals surface area contributed by atoms with E-state index in [1.807, 2.05) is 18.2 Å². The van der Waals surface area contributed by atoms with Crippen molar-refractivity contribution in [1.29, 1.82) is 0 Å². The Balaban J connectivity index is 3.19. The van der Waals surface area contributed by atoms with E-state index in [1.54, 1.807) is 6.08 Å². The lowest BCUT2D eigenvalue weighted by Gasteiger charge is -2.23. The topological polar surface area (TPSA) is 26.3 Å². The minimum atomic E-state index is -1.33. The van der Waals surface area contributed by atoms with E-state index in [9.17, 15) is 4.79 Å². The molecule has 1 rings (SSSR count). The van der Waals surface area contributed by atoms with Crippen LogP contribution in [0.15, 0.2) is 54.8 Å². The number of hydrogen-bond donors (Lipinski definition) is 0. The van der Waals surface area contributed by atoms with Crippen molar-refractivity contribution < 1.29 is 9.53 Å². The number of allylic oxidation sites excluding steroid dienone is 2. The van der Waals surface area contributed by atoms with Gasteiger partial charge >= 0.3 is 5.97 Å². The minimum Gasteiger partial charge on any atom is -0.469 e. The predicted octanol–water partition coefficient (Wildman–Crippen LogP) is 4.57. The second kappa shape index (κ2) is 7.98. The molecule has 114 valence electrons. The van der Waals surface area contributed by atoms with E-state index >= 15 is 0 Å². The molecular weight excluding hydrogens is 276 g/mol. The highest BCUT2D eigenvalue weighted by atomic mass is 28.3. The number of methoxy groups -OCH3 is 1. The van der Waals surface area contributed by atoms with Crippen molar-refractivity contribution in [1.82, 2.24) is 0 Å². The van der Waals surface area contributed by atoms with Gasteiger partial charge in [0.2, 0.25) is 0 Å². The maximum absolute atomic E-state index is 12.1. The molecule has 0 aromatic heterocycles. The lowest BCUT2D eigenvalue weighted by Crippen LogP contribution is -2.24. The molecule has 21 heavy (non-hydrogen) atoms. The fourth-order valence-electron chi connectivity index (χ4n) is 2.27. The molecule has 0 saturated carbocycles. The van der Waals surface area contributed by atoms with E-state index in [0.717, 1.165) is 5.56 Å². The van der Waals surface area contributed by atoms with Gasteiger partial charge in [-0.25, -0.2) is 0 Å². The highest BCUT2D eigenvalue weighted by Crippen LogP contribution is 2.30. The van der Waals surface area contributed by atoms with Crippen LogP contribution in [0.1, 0.15) is 17.9 Å². The molecule has 0 heterocycles. The summed E-state index contributed by atoms with van der Waals surface area (Å²) in [6.45, 7) is 10.6. The molecule has 3 heteroatoms. The molecule has 0 spiro atoms. The van der Waals surface area contributed by atoms with Gasteiger partial charge in [0.15, 0.2) is 0 Å². The van der Waals surface area contributed by atoms with E-state index in [4.69, 9.17) is 4.74 Å². The van der Waals surface area contributed by atoms with Crippen molar-refractivity contribution in [2.45, 2.75) is 32.0 Å². The van der Waals surface area contributed by atoms with E-state index < -0.39 is 8.07 Å². The number of carbonyl (C=O) groups is 1. The quantitative estimate of drug-likeness (QED) is 0.419. The molecule has 0 radical (unpaired) electrons. The Hall–Kier alpha value is -1.61. The van der Waals surface area contributed by atoms with E-state index in [-0.39, 0.29) is 17.8 Å². The Kier molecular flexibility index (Phi) is 6.63. The Bertz CT molecular complexity index is 486. The van der Waals surface area contributed by atoms with Crippen molar-refractivity contribution in [3.8, 4) is 0 Å². The largest absolute Gasteiger partial charge is 0.469 e. The highest BCUT2D eigenvalue weighted by Gasteiger charge is 2.28. The molecule has 0 amide bonds. The van der Waals surface area contributed by atoms with Crippen molar-refractivity contribution in [3.63, 3.8) is 0 Å². The fourth-order valence-corrected chi connectivity index (χ4v) is 3.05. The molecule has 1 aromatic carbocycles. The number of benzene rings is 1. The third kappa shape index (κ3) is 5.72. The van der Waals surface area contributed by atoms with Crippen molar-refractivity contribution in [2.24, 2.45) is 5.92 Å². The molecule has 0 aliphatic rings. The van der Waals surface area contributed by atoms with Gasteiger partial charge in [-0.3, -0.25) is 4.79 Å². The summed E-state index contributed by atoms with van der Waals surface area (Å²) in [5.74, 6) is -0.366. The maximum atomic E-state index is 12.1. The van der Waals surface area contributed by atoms with Crippen molar-refractivity contribution in [3.05, 3.63) is 60.3 Å². The minimum absolute atomic E-state index is 0.0309. The summed E-state index contributed by atoms with van der Waals surface area (Å²) in [6.07, 6.45) is 4.59. The van der Waals surface area contributed by atoms with Crippen molar-refractivity contribution in [2.75, 3.05) is 7.11 Å². The maximum Gasteiger partial charge on any atom is 0.309 e. The summed E-state index contributed by atoms with van der Waals surface area (Å²) in [6, 6.07) is 10.1. The molecule has 0 unspecified atom stereocenters. The summed E-state index contributed by atoms with van der Waals surface area (Å²) < 4.78 is 4.99. The zero-order chi connectivity index (χ0) is 15.9. The van der Waals surface area contributed by atoms with Gasteiger partial charge in [-0.2, -0.15) is 0 Å². The SMILES string of the molecule is C=CC[C@H](C(=O)OC)[C@@H](/C=C/[Si](C)(C)C)c1ccccc1. The predicted molar refractivity (Wildman–Crippen MR) is 92.0 cm³/mol. The molecule has 0 fully saturated rings. The Labute approximate surface area is 129 Å². The third-order valence-corrected chi connectivity index (χ3v) is 4.54. The summed E-state index contributed by atoms with van der Waals surface area (Å²) >= 11 is 0. The Morgan fingerprint density at radius 1 is 1.29 bits per heavy atom. The third-order valence-electron chi connectivity index (χ3n) is 3.35. The number of ether oxygens (including phenoxy) is 1. The molecule has 0 N–H and O–H groups in total. The van der Waals surface area contributed by atoms with Gasteiger partial charge in [0.1, 0.15) is 0 Å². The lowest BCUT2D eigenvalue weighted by atomic mass is 9.84. The van der Waals surface area contributed by atoms with E-state index in [2.05, 4.69) is 50.1 Å². The monoisotopic (exact) mass is 302 g/mol. The normalized spacial score (nSPS) is 14.7. The summed E-state index contributed by atoms with van der Waals surface area (Å²) in [7, 11) is 0.122. The molecule has 0 bridgehead atoms. The zero-order valence-corrected chi connectivity index (χ0v) is 14.5. The molecule has 0 saturated heterocycles. The second-order valence-corrected chi connectivity index (χ2v) is 11.4. The highest BCUT2D eigenvalue weighted by molar-refractivity contribution is 6.80. The molecule has 2 atom stereocenters. The van der Waals surface area contributed by atoms with Crippen LogP contribution in [0.4, 0.5) is 0 Å². The van der Waals surface area contributed by atoms with Crippen LogP contribution >= 0.6 is 0 Å². The number of hydrogen-bond acceptors (Lipinski definition) is 2. The average Bonchev–Trinajstić information content (AvgIpc) is 2.45. The van der Waals surface area contributed by atoms with Crippen LogP contribution in [0, 0.1) is 5.92 Å². The van der Waals surface area contributed by atoms with E-state index in [1.165, 1.54) is 7.11 Å². The molecule has 1 aromatic rings.